The molecule has 1 aromatic heterocycles. The zero-order valence-electron chi connectivity index (χ0n) is 4.10. The Morgan fingerprint density at radius 3 is 2.62 bits per heavy atom. The van der Waals surface area contributed by atoms with E-state index in [1.54, 1.807) is 5.38 Å². The van der Waals surface area contributed by atoms with Gasteiger partial charge in [0.1, 0.15) is 0 Å². The topological polar surface area (TPSA) is 20.2 Å². The number of hydrogen-bond donors (Lipinski definition) is 1. The molecule has 0 saturated carbocycles. The first-order chi connectivity index (χ1) is 3.84. The van der Waals surface area contributed by atoms with Crippen LogP contribution in [0.5, 0.6) is 0 Å². The highest BCUT2D eigenvalue weighted by atomic mass is 35.5. The van der Waals surface area contributed by atoms with E-state index in [0.29, 0.717) is 5.02 Å². The highest BCUT2D eigenvalue weighted by molar-refractivity contribution is 7.08. The molecule has 0 bridgehead atoms. The van der Waals surface area contributed by atoms with Crippen molar-refractivity contribution in [3.05, 3.63) is 21.3 Å². The molecular formula is C5H5ClOS. The van der Waals surface area contributed by atoms with Gasteiger partial charge in [0.05, 0.1) is 11.6 Å². The molecule has 0 fully saturated rings. The fourth-order valence-electron chi connectivity index (χ4n) is 0.421. The molecule has 3 heteroatoms. The third-order valence-electron chi connectivity index (χ3n) is 0.859. The predicted molar refractivity (Wildman–Crippen MR) is 35.3 cm³/mol. The number of rotatable bonds is 1. The van der Waals surface area contributed by atoms with Crippen molar-refractivity contribution in [2.24, 2.45) is 0 Å². The molecule has 44 valence electrons. The lowest BCUT2D eigenvalue weighted by atomic mass is 10.4. The van der Waals surface area contributed by atoms with Crippen LogP contribution in [0, 0.1) is 0 Å². The summed E-state index contributed by atoms with van der Waals surface area (Å²) in [7, 11) is 0. The van der Waals surface area contributed by atoms with Crippen LogP contribution < -0.4 is 0 Å². The molecule has 8 heavy (non-hydrogen) atoms. The lowest BCUT2D eigenvalue weighted by molar-refractivity contribution is 0.282. The zero-order valence-corrected chi connectivity index (χ0v) is 5.67. The Hall–Kier alpha value is -0.0500. The van der Waals surface area contributed by atoms with Crippen LogP contribution in [0.15, 0.2) is 10.8 Å². The van der Waals surface area contributed by atoms with Crippen LogP contribution in [0.4, 0.5) is 0 Å². The van der Waals surface area contributed by atoms with E-state index < -0.39 is 0 Å². The number of aliphatic hydroxyl groups is 1. The lowest BCUT2D eigenvalue weighted by Gasteiger charge is -1.85. The van der Waals surface area contributed by atoms with E-state index >= 15 is 0 Å². The molecule has 0 unspecified atom stereocenters. The molecule has 1 rings (SSSR count). The monoisotopic (exact) mass is 148 g/mol. The third kappa shape index (κ3) is 1.02. The van der Waals surface area contributed by atoms with E-state index in [2.05, 4.69) is 0 Å². The van der Waals surface area contributed by atoms with Crippen LogP contribution in [0.1, 0.15) is 5.56 Å². The first-order valence-electron chi connectivity index (χ1n) is 2.16. The first-order valence-corrected chi connectivity index (χ1v) is 3.48. The summed E-state index contributed by atoms with van der Waals surface area (Å²) in [6.07, 6.45) is 0. The molecular weight excluding hydrogens is 144 g/mol. The molecule has 0 amide bonds. The highest BCUT2D eigenvalue weighted by Crippen LogP contribution is 2.19. The van der Waals surface area contributed by atoms with Gasteiger partial charge >= 0.3 is 0 Å². The minimum Gasteiger partial charge on any atom is -0.392 e. The SMILES string of the molecule is OCc1cscc1Cl. The first kappa shape index (κ1) is 6.08. The smallest absolute Gasteiger partial charge is 0.0704 e. The molecule has 0 radical (unpaired) electrons. The molecule has 1 nitrogen and oxygen atoms in total. The summed E-state index contributed by atoms with van der Waals surface area (Å²) in [5.74, 6) is 0. The summed E-state index contributed by atoms with van der Waals surface area (Å²) in [4.78, 5) is 0. The predicted octanol–water partition coefficient (Wildman–Crippen LogP) is 1.89. The number of hydrogen-bond acceptors (Lipinski definition) is 2. The van der Waals surface area contributed by atoms with Crippen LogP contribution in [0.3, 0.4) is 0 Å². The molecule has 0 aromatic carbocycles. The van der Waals surface area contributed by atoms with Crippen molar-refractivity contribution in [2.45, 2.75) is 6.61 Å². The Morgan fingerprint density at radius 1 is 1.62 bits per heavy atom. The Balaban J connectivity index is 2.92. The van der Waals surface area contributed by atoms with Crippen LogP contribution >= 0.6 is 22.9 Å². The second-order valence-electron chi connectivity index (χ2n) is 1.40. The van der Waals surface area contributed by atoms with Crippen molar-refractivity contribution in [2.75, 3.05) is 0 Å². The largest absolute Gasteiger partial charge is 0.392 e. The van der Waals surface area contributed by atoms with Crippen LogP contribution in [-0.4, -0.2) is 5.11 Å². The fraction of sp³-hybridized carbons (Fsp3) is 0.200. The molecule has 1 N–H and O–H groups in total. The minimum atomic E-state index is 0.0440. The lowest BCUT2D eigenvalue weighted by Crippen LogP contribution is -1.75. The van der Waals surface area contributed by atoms with Gasteiger partial charge in [-0.2, -0.15) is 11.3 Å². The van der Waals surface area contributed by atoms with Gasteiger partial charge in [0.2, 0.25) is 0 Å². The van der Waals surface area contributed by atoms with E-state index in [4.69, 9.17) is 16.7 Å². The fourth-order valence-corrected chi connectivity index (χ4v) is 1.46. The molecule has 0 aliphatic heterocycles. The molecule has 0 spiro atoms. The summed E-state index contributed by atoms with van der Waals surface area (Å²) >= 11 is 7.09. The molecule has 0 aliphatic rings. The van der Waals surface area contributed by atoms with Gasteiger partial charge in [-0.15, -0.1) is 0 Å². The van der Waals surface area contributed by atoms with Gasteiger partial charge in [0, 0.05) is 10.9 Å². The van der Waals surface area contributed by atoms with Gasteiger partial charge in [-0.05, 0) is 5.38 Å². The molecule has 0 atom stereocenters. The van der Waals surface area contributed by atoms with Gasteiger partial charge in [0.15, 0.2) is 0 Å². The van der Waals surface area contributed by atoms with Crippen molar-refractivity contribution >= 4 is 22.9 Å². The van der Waals surface area contributed by atoms with Gasteiger partial charge < -0.3 is 5.11 Å². The van der Waals surface area contributed by atoms with Gasteiger partial charge in [-0.25, -0.2) is 0 Å². The normalized spacial score (nSPS) is 9.75. The van der Waals surface area contributed by atoms with Crippen molar-refractivity contribution in [3.8, 4) is 0 Å². The zero-order chi connectivity index (χ0) is 5.98. The summed E-state index contributed by atoms with van der Waals surface area (Å²) in [5, 5.41) is 12.8. The van der Waals surface area contributed by atoms with E-state index in [1.165, 1.54) is 11.3 Å². The van der Waals surface area contributed by atoms with Crippen molar-refractivity contribution in [3.63, 3.8) is 0 Å². The molecule has 1 aromatic rings. The standard InChI is InChI=1S/C5H5ClOS/c6-5-3-8-2-4(5)1-7/h2-3,7H,1H2. The molecule has 0 saturated heterocycles. The minimum absolute atomic E-state index is 0.0440. The number of aliphatic hydroxyl groups excluding tert-OH is 1. The third-order valence-corrected chi connectivity index (χ3v) is 2.13. The van der Waals surface area contributed by atoms with E-state index in [-0.39, 0.29) is 6.61 Å². The number of halogens is 1. The average Bonchev–Trinajstić information content (AvgIpc) is 2.14. The Labute approximate surface area is 56.5 Å². The van der Waals surface area contributed by atoms with E-state index in [0.717, 1.165) is 5.56 Å². The van der Waals surface area contributed by atoms with Crippen LogP contribution in [0.25, 0.3) is 0 Å². The summed E-state index contributed by atoms with van der Waals surface area (Å²) in [6.45, 7) is 0.0440. The average molecular weight is 149 g/mol. The van der Waals surface area contributed by atoms with Crippen LogP contribution in [0.2, 0.25) is 5.02 Å². The maximum atomic E-state index is 8.53. The van der Waals surface area contributed by atoms with Crippen molar-refractivity contribution < 1.29 is 5.11 Å². The molecule has 1 heterocycles. The Kier molecular flexibility index (Phi) is 1.89. The quantitative estimate of drug-likeness (QED) is 0.645. The van der Waals surface area contributed by atoms with Crippen LogP contribution in [-0.2, 0) is 6.61 Å². The van der Waals surface area contributed by atoms with Gasteiger partial charge in [-0.3, -0.25) is 0 Å². The number of thiophene rings is 1. The Bertz CT molecular complexity index is 173. The maximum absolute atomic E-state index is 8.53. The van der Waals surface area contributed by atoms with Gasteiger partial charge in [0.25, 0.3) is 0 Å². The summed E-state index contributed by atoms with van der Waals surface area (Å²) in [5.41, 5.74) is 0.816. The second-order valence-corrected chi connectivity index (χ2v) is 2.55. The van der Waals surface area contributed by atoms with Crippen molar-refractivity contribution in [1.82, 2.24) is 0 Å². The summed E-state index contributed by atoms with van der Waals surface area (Å²) in [6, 6.07) is 0. The van der Waals surface area contributed by atoms with E-state index in [1.807, 2.05) is 5.38 Å². The Morgan fingerprint density at radius 2 is 2.38 bits per heavy atom. The summed E-state index contributed by atoms with van der Waals surface area (Å²) < 4.78 is 0. The van der Waals surface area contributed by atoms with Gasteiger partial charge in [-0.1, -0.05) is 11.6 Å². The second kappa shape index (κ2) is 2.49. The van der Waals surface area contributed by atoms with E-state index in [9.17, 15) is 0 Å². The maximum Gasteiger partial charge on any atom is 0.0704 e. The molecule has 0 aliphatic carbocycles. The highest BCUT2D eigenvalue weighted by Gasteiger charge is 1.95. The van der Waals surface area contributed by atoms with Crippen molar-refractivity contribution in [1.29, 1.82) is 0 Å².